The number of guanidine groups is 1. The standard InChI is InChI=1S/C14H28N4O.HI/c1-4-17(5-2)13(19)8-9-16-14(15)18-10-6-7-12(3)11-18;/h12H,4-11H2,1-3H3,(H2,15,16);1H. The molecule has 1 fully saturated rings. The van der Waals surface area contributed by atoms with Gasteiger partial charge in [-0.1, -0.05) is 6.92 Å². The fourth-order valence-electron chi connectivity index (χ4n) is 2.50. The Balaban J connectivity index is 0.00000361. The quantitative estimate of drug-likeness (QED) is 0.439. The Bertz CT molecular complexity index is 318. The maximum Gasteiger partial charge on any atom is 0.224 e. The molecule has 118 valence electrons. The highest BCUT2D eigenvalue weighted by atomic mass is 127. The smallest absolute Gasteiger partial charge is 0.224 e. The number of likely N-dealkylation sites (tertiary alicyclic amines) is 1. The van der Waals surface area contributed by atoms with Gasteiger partial charge >= 0.3 is 0 Å². The van der Waals surface area contributed by atoms with Crippen LogP contribution in [0.3, 0.4) is 0 Å². The van der Waals surface area contributed by atoms with Crippen LogP contribution in [0.5, 0.6) is 0 Å². The van der Waals surface area contributed by atoms with Crippen LogP contribution >= 0.6 is 24.0 Å². The molecule has 0 saturated carbocycles. The molecule has 1 saturated heterocycles. The minimum absolute atomic E-state index is 0. The summed E-state index contributed by atoms with van der Waals surface area (Å²) in [7, 11) is 0. The van der Waals surface area contributed by atoms with Gasteiger partial charge in [-0.2, -0.15) is 0 Å². The van der Waals surface area contributed by atoms with Crippen molar-refractivity contribution in [1.29, 1.82) is 0 Å². The molecule has 0 spiro atoms. The van der Waals surface area contributed by atoms with E-state index in [9.17, 15) is 4.79 Å². The van der Waals surface area contributed by atoms with E-state index in [2.05, 4.69) is 16.8 Å². The van der Waals surface area contributed by atoms with Crippen LogP contribution in [0.15, 0.2) is 4.99 Å². The molecule has 0 bridgehead atoms. The van der Waals surface area contributed by atoms with Crippen molar-refractivity contribution in [3.05, 3.63) is 0 Å². The van der Waals surface area contributed by atoms with Gasteiger partial charge in [0.25, 0.3) is 0 Å². The lowest BCUT2D eigenvalue weighted by Gasteiger charge is -2.31. The Morgan fingerprint density at radius 1 is 1.40 bits per heavy atom. The fourth-order valence-corrected chi connectivity index (χ4v) is 2.50. The normalized spacial score (nSPS) is 19.4. The average Bonchev–Trinajstić information content (AvgIpc) is 2.40. The number of hydrogen-bond acceptors (Lipinski definition) is 2. The average molecular weight is 396 g/mol. The summed E-state index contributed by atoms with van der Waals surface area (Å²) in [5.41, 5.74) is 5.99. The molecule has 1 heterocycles. The Morgan fingerprint density at radius 3 is 2.60 bits per heavy atom. The van der Waals surface area contributed by atoms with Crippen molar-refractivity contribution < 1.29 is 4.79 Å². The van der Waals surface area contributed by atoms with Gasteiger partial charge in [0, 0.05) is 32.6 Å². The molecule has 1 atom stereocenters. The molecule has 0 aromatic rings. The van der Waals surface area contributed by atoms with E-state index in [4.69, 9.17) is 5.73 Å². The van der Waals surface area contributed by atoms with E-state index in [1.54, 1.807) is 0 Å². The van der Waals surface area contributed by atoms with Gasteiger partial charge in [-0.25, -0.2) is 0 Å². The number of carbonyl (C=O) groups excluding carboxylic acids is 1. The Kier molecular flexibility index (Phi) is 9.96. The van der Waals surface area contributed by atoms with Crippen LogP contribution < -0.4 is 5.73 Å². The van der Waals surface area contributed by atoms with Crippen molar-refractivity contribution in [1.82, 2.24) is 9.80 Å². The predicted octanol–water partition coefficient (Wildman–Crippen LogP) is 1.91. The second kappa shape index (κ2) is 10.2. The monoisotopic (exact) mass is 396 g/mol. The SMILES string of the molecule is CCN(CC)C(=O)CCN=C(N)N1CCCC(C)C1.I. The molecule has 2 N–H and O–H groups in total. The van der Waals surface area contributed by atoms with Crippen LogP contribution in [0.2, 0.25) is 0 Å². The molecule has 1 rings (SSSR count). The van der Waals surface area contributed by atoms with E-state index in [-0.39, 0.29) is 29.9 Å². The molecule has 1 aliphatic rings. The molecule has 5 nitrogen and oxygen atoms in total. The zero-order valence-corrected chi connectivity index (χ0v) is 15.3. The maximum atomic E-state index is 11.8. The van der Waals surface area contributed by atoms with Gasteiger partial charge in [0.2, 0.25) is 5.91 Å². The lowest BCUT2D eigenvalue weighted by atomic mass is 10.0. The van der Waals surface area contributed by atoms with Crippen LogP contribution in [0, 0.1) is 5.92 Å². The molecule has 0 aliphatic carbocycles. The van der Waals surface area contributed by atoms with Gasteiger partial charge in [0.15, 0.2) is 5.96 Å². The topological polar surface area (TPSA) is 61.9 Å². The summed E-state index contributed by atoms with van der Waals surface area (Å²) in [6.45, 7) is 10.2. The summed E-state index contributed by atoms with van der Waals surface area (Å²) in [4.78, 5) is 20.1. The van der Waals surface area contributed by atoms with Gasteiger partial charge in [-0.15, -0.1) is 24.0 Å². The van der Waals surface area contributed by atoms with Gasteiger partial charge in [0.1, 0.15) is 0 Å². The van der Waals surface area contributed by atoms with E-state index < -0.39 is 0 Å². The first-order valence-corrected chi connectivity index (χ1v) is 7.41. The molecule has 0 radical (unpaired) electrons. The number of halogens is 1. The second-order valence-corrected chi connectivity index (χ2v) is 5.25. The molecule has 0 aromatic heterocycles. The molecular formula is C14H29IN4O. The van der Waals surface area contributed by atoms with Crippen LogP contribution in [0.4, 0.5) is 0 Å². The van der Waals surface area contributed by atoms with Crippen LogP contribution in [0.1, 0.15) is 40.0 Å². The second-order valence-electron chi connectivity index (χ2n) is 5.25. The number of hydrogen-bond donors (Lipinski definition) is 1. The van der Waals surface area contributed by atoms with Gasteiger partial charge in [-0.3, -0.25) is 9.79 Å². The minimum Gasteiger partial charge on any atom is -0.370 e. The summed E-state index contributed by atoms with van der Waals surface area (Å²) < 4.78 is 0. The Hall–Kier alpha value is -0.530. The van der Waals surface area contributed by atoms with E-state index >= 15 is 0 Å². The molecule has 1 aliphatic heterocycles. The number of amides is 1. The highest BCUT2D eigenvalue weighted by Crippen LogP contribution is 2.14. The molecular weight excluding hydrogens is 367 g/mol. The Morgan fingerprint density at radius 2 is 2.05 bits per heavy atom. The van der Waals surface area contributed by atoms with Crippen molar-refractivity contribution in [2.24, 2.45) is 16.6 Å². The number of aliphatic imine (C=N–C) groups is 1. The van der Waals surface area contributed by atoms with E-state index in [1.807, 2.05) is 18.7 Å². The van der Waals surface area contributed by atoms with Crippen molar-refractivity contribution in [2.45, 2.75) is 40.0 Å². The minimum atomic E-state index is 0. The van der Waals surface area contributed by atoms with E-state index in [0.29, 0.717) is 24.8 Å². The van der Waals surface area contributed by atoms with Crippen molar-refractivity contribution in [3.63, 3.8) is 0 Å². The first kappa shape index (κ1) is 19.5. The van der Waals surface area contributed by atoms with Gasteiger partial charge < -0.3 is 15.5 Å². The summed E-state index contributed by atoms with van der Waals surface area (Å²) >= 11 is 0. The van der Waals surface area contributed by atoms with E-state index in [0.717, 1.165) is 26.2 Å². The number of nitrogens with zero attached hydrogens (tertiary/aromatic N) is 3. The Labute approximate surface area is 140 Å². The summed E-state index contributed by atoms with van der Waals surface area (Å²) in [5.74, 6) is 1.44. The predicted molar refractivity (Wildman–Crippen MR) is 94.4 cm³/mol. The van der Waals surface area contributed by atoms with Crippen molar-refractivity contribution in [3.8, 4) is 0 Å². The summed E-state index contributed by atoms with van der Waals surface area (Å²) in [6, 6.07) is 0. The summed E-state index contributed by atoms with van der Waals surface area (Å²) in [5, 5.41) is 0. The third-order valence-corrected chi connectivity index (χ3v) is 3.70. The molecule has 1 unspecified atom stereocenters. The van der Waals surface area contributed by atoms with Gasteiger partial charge in [0.05, 0.1) is 6.54 Å². The third kappa shape index (κ3) is 6.28. The number of carbonyl (C=O) groups is 1. The molecule has 0 aromatic carbocycles. The lowest BCUT2D eigenvalue weighted by molar-refractivity contribution is -0.130. The number of piperidine rings is 1. The van der Waals surface area contributed by atoms with Crippen LogP contribution in [-0.2, 0) is 4.79 Å². The highest BCUT2D eigenvalue weighted by molar-refractivity contribution is 14.0. The molecule has 1 amide bonds. The largest absolute Gasteiger partial charge is 0.370 e. The van der Waals surface area contributed by atoms with E-state index in [1.165, 1.54) is 12.8 Å². The van der Waals surface area contributed by atoms with Crippen LogP contribution in [-0.4, -0.2) is 54.4 Å². The zero-order chi connectivity index (χ0) is 14.3. The molecule has 20 heavy (non-hydrogen) atoms. The summed E-state index contributed by atoms with van der Waals surface area (Å²) in [6.07, 6.45) is 2.89. The third-order valence-electron chi connectivity index (χ3n) is 3.70. The number of nitrogens with two attached hydrogens (primary N) is 1. The first-order valence-electron chi connectivity index (χ1n) is 7.41. The first-order chi connectivity index (χ1) is 9.08. The van der Waals surface area contributed by atoms with Crippen molar-refractivity contribution in [2.75, 3.05) is 32.7 Å². The number of rotatable bonds is 5. The zero-order valence-electron chi connectivity index (χ0n) is 13.0. The fraction of sp³-hybridized carbons (Fsp3) is 0.857. The van der Waals surface area contributed by atoms with Crippen LogP contribution in [0.25, 0.3) is 0 Å². The van der Waals surface area contributed by atoms with Gasteiger partial charge in [-0.05, 0) is 32.6 Å². The van der Waals surface area contributed by atoms with Crippen molar-refractivity contribution >= 4 is 35.8 Å². The maximum absolute atomic E-state index is 11.8. The lowest BCUT2D eigenvalue weighted by Crippen LogP contribution is -2.43. The molecule has 6 heteroatoms. The highest BCUT2D eigenvalue weighted by Gasteiger charge is 2.17.